The molecule has 1 aromatic rings. The molecule has 0 aliphatic carbocycles. The molecule has 1 rings (SSSR count). The van der Waals surface area contributed by atoms with Crippen LogP contribution >= 0.6 is 0 Å². The summed E-state index contributed by atoms with van der Waals surface area (Å²) in [6, 6.07) is 1.38. The van der Waals surface area contributed by atoms with Crippen molar-refractivity contribution in [3.63, 3.8) is 0 Å². The predicted octanol–water partition coefficient (Wildman–Crippen LogP) is 1.46. The highest BCUT2D eigenvalue weighted by Crippen LogP contribution is 2.17. The van der Waals surface area contributed by atoms with Crippen molar-refractivity contribution in [2.45, 2.75) is 38.0 Å². The van der Waals surface area contributed by atoms with Gasteiger partial charge in [-0.15, -0.1) is 0 Å². The number of hydrogen-bond donors (Lipinski definition) is 2. The largest absolute Gasteiger partial charge is 0.402 e. The molecule has 20 heavy (non-hydrogen) atoms. The fourth-order valence-electron chi connectivity index (χ4n) is 1.63. The molecule has 0 amide bonds. The standard InChI is InChI=1S/C11H18F3N3O2S/c1-3-15-6-9-5-10(7-17(9)4-2)20(18,19)16-8-11(12,13)14/h5,7,15-16H,3-4,6,8H2,1-2H3. The van der Waals surface area contributed by atoms with Gasteiger partial charge in [-0.1, -0.05) is 6.92 Å². The smallest absolute Gasteiger partial charge is 0.349 e. The number of alkyl halides is 3. The highest BCUT2D eigenvalue weighted by atomic mass is 32.2. The van der Waals surface area contributed by atoms with Crippen molar-refractivity contribution in [1.29, 1.82) is 0 Å². The van der Waals surface area contributed by atoms with E-state index in [1.54, 1.807) is 9.29 Å². The van der Waals surface area contributed by atoms with Crippen LogP contribution in [0.4, 0.5) is 13.2 Å². The molecule has 1 aromatic heterocycles. The summed E-state index contributed by atoms with van der Waals surface area (Å²) in [6.45, 7) is 3.86. The van der Waals surface area contributed by atoms with Gasteiger partial charge in [-0.25, -0.2) is 13.1 Å². The Morgan fingerprint density at radius 1 is 1.30 bits per heavy atom. The third kappa shape index (κ3) is 4.80. The van der Waals surface area contributed by atoms with Gasteiger partial charge in [0.1, 0.15) is 6.54 Å². The summed E-state index contributed by atoms with van der Waals surface area (Å²) in [5.41, 5.74) is 0.710. The zero-order valence-corrected chi connectivity index (χ0v) is 12.1. The van der Waals surface area contributed by atoms with Crippen molar-refractivity contribution in [3.05, 3.63) is 18.0 Å². The Labute approximate surface area is 116 Å². The van der Waals surface area contributed by atoms with Crippen LogP contribution in [0.15, 0.2) is 17.2 Å². The predicted molar refractivity (Wildman–Crippen MR) is 68.7 cm³/mol. The van der Waals surface area contributed by atoms with Crippen LogP contribution in [0.25, 0.3) is 0 Å². The molecular formula is C11H18F3N3O2S. The Balaban J connectivity index is 2.92. The van der Waals surface area contributed by atoms with Gasteiger partial charge in [0.25, 0.3) is 0 Å². The maximum atomic E-state index is 12.1. The highest BCUT2D eigenvalue weighted by Gasteiger charge is 2.30. The fraction of sp³-hybridized carbons (Fsp3) is 0.636. The molecule has 5 nitrogen and oxygen atoms in total. The normalized spacial score (nSPS) is 12.8. The Morgan fingerprint density at radius 3 is 2.45 bits per heavy atom. The van der Waals surface area contributed by atoms with Gasteiger partial charge in [0, 0.05) is 25.0 Å². The first kappa shape index (κ1) is 17.0. The van der Waals surface area contributed by atoms with E-state index in [4.69, 9.17) is 0 Å². The van der Waals surface area contributed by atoms with Crippen LogP contribution in [0.1, 0.15) is 19.5 Å². The number of aryl methyl sites for hydroxylation is 1. The lowest BCUT2D eigenvalue weighted by atomic mass is 10.4. The minimum absolute atomic E-state index is 0.156. The Kier molecular flexibility index (Phi) is 5.60. The SMILES string of the molecule is CCNCc1cc(S(=O)(=O)NCC(F)(F)F)cn1CC. The van der Waals surface area contributed by atoms with Gasteiger partial charge in [-0.2, -0.15) is 13.2 Å². The van der Waals surface area contributed by atoms with Crippen LogP contribution in [0.5, 0.6) is 0 Å². The molecule has 0 aliphatic rings. The number of sulfonamides is 1. The first-order valence-corrected chi connectivity index (χ1v) is 7.64. The molecule has 0 bridgehead atoms. The highest BCUT2D eigenvalue weighted by molar-refractivity contribution is 7.89. The average Bonchev–Trinajstić information content (AvgIpc) is 2.77. The molecule has 0 aromatic carbocycles. The zero-order valence-electron chi connectivity index (χ0n) is 11.3. The summed E-state index contributed by atoms with van der Waals surface area (Å²) in [7, 11) is -4.15. The molecule has 0 fully saturated rings. The lowest BCUT2D eigenvalue weighted by Gasteiger charge is -2.07. The maximum Gasteiger partial charge on any atom is 0.402 e. The lowest BCUT2D eigenvalue weighted by molar-refractivity contribution is -0.121. The average molecular weight is 313 g/mol. The van der Waals surface area contributed by atoms with E-state index in [9.17, 15) is 21.6 Å². The molecule has 0 radical (unpaired) electrons. The topological polar surface area (TPSA) is 63.1 Å². The minimum Gasteiger partial charge on any atom is -0.349 e. The van der Waals surface area contributed by atoms with E-state index >= 15 is 0 Å². The first-order chi connectivity index (χ1) is 9.19. The fourth-order valence-corrected chi connectivity index (χ4v) is 2.71. The first-order valence-electron chi connectivity index (χ1n) is 6.15. The van der Waals surface area contributed by atoms with Crippen LogP contribution < -0.4 is 10.0 Å². The van der Waals surface area contributed by atoms with Crippen molar-refractivity contribution < 1.29 is 21.6 Å². The minimum atomic E-state index is -4.58. The lowest BCUT2D eigenvalue weighted by Crippen LogP contribution is -2.33. The molecule has 0 atom stereocenters. The van der Waals surface area contributed by atoms with Crippen LogP contribution in [0.2, 0.25) is 0 Å². The van der Waals surface area contributed by atoms with Gasteiger partial charge in [0.2, 0.25) is 10.0 Å². The van der Waals surface area contributed by atoms with Crippen LogP contribution in [-0.2, 0) is 23.1 Å². The summed E-state index contributed by atoms with van der Waals surface area (Å²) in [5, 5.41) is 3.04. The van der Waals surface area contributed by atoms with Crippen molar-refractivity contribution in [2.75, 3.05) is 13.1 Å². The number of aromatic nitrogens is 1. The van der Waals surface area contributed by atoms with E-state index in [0.717, 1.165) is 0 Å². The Morgan fingerprint density at radius 2 is 1.95 bits per heavy atom. The Bertz CT molecular complexity index is 538. The summed E-state index contributed by atoms with van der Waals surface area (Å²) >= 11 is 0. The molecule has 9 heteroatoms. The van der Waals surface area contributed by atoms with Gasteiger partial charge in [-0.3, -0.25) is 0 Å². The monoisotopic (exact) mass is 313 g/mol. The molecule has 116 valence electrons. The third-order valence-electron chi connectivity index (χ3n) is 2.63. The maximum absolute atomic E-state index is 12.1. The molecule has 0 unspecified atom stereocenters. The van der Waals surface area contributed by atoms with E-state index in [2.05, 4.69) is 5.32 Å². The van der Waals surface area contributed by atoms with Crippen molar-refractivity contribution >= 4 is 10.0 Å². The van der Waals surface area contributed by atoms with Gasteiger partial charge in [0.05, 0.1) is 4.90 Å². The number of hydrogen-bond acceptors (Lipinski definition) is 3. The molecule has 0 saturated heterocycles. The quantitative estimate of drug-likeness (QED) is 0.801. The zero-order chi connectivity index (χ0) is 15.4. The van der Waals surface area contributed by atoms with Crippen molar-refractivity contribution in [3.8, 4) is 0 Å². The molecule has 2 N–H and O–H groups in total. The van der Waals surface area contributed by atoms with Crippen LogP contribution in [-0.4, -0.2) is 32.3 Å². The van der Waals surface area contributed by atoms with Gasteiger partial charge >= 0.3 is 6.18 Å². The number of halogens is 3. The summed E-state index contributed by atoms with van der Waals surface area (Å²) in [6.07, 6.45) is -3.24. The summed E-state index contributed by atoms with van der Waals surface area (Å²) < 4.78 is 63.0. The molecule has 0 saturated carbocycles. The number of nitrogens with zero attached hydrogens (tertiary/aromatic N) is 1. The van der Waals surface area contributed by atoms with Crippen LogP contribution in [0, 0.1) is 0 Å². The second-order valence-electron chi connectivity index (χ2n) is 4.17. The molecule has 0 spiro atoms. The summed E-state index contributed by atoms with van der Waals surface area (Å²) in [5.74, 6) is 0. The van der Waals surface area contributed by atoms with Crippen molar-refractivity contribution in [2.24, 2.45) is 0 Å². The van der Waals surface area contributed by atoms with Gasteiger partial charge in [0.15, 0.2) is 0 Å². The van der Waals surface area contributed by atoms with Gasteiger partial charge < -0.3 is 9.88 Å². The van der Waals surface area contributed by atoms with E-state index in [0.29, 0.717) is 25.3 Å². The molecule has 0 aliphatic heterocycles. The second kappa shape index (κ2) is 6.59. The third-order valence-corrected chi connectivity index (χ3v) is 4.00. The number of nitrogens with one attached hydrogen (secondary N) is 2. The van der Waals surface area contributed by atoms with Crippen molar-refractivity contribution in [1.82, 2.24) is 14.6 Å². The van der Waals surface area contributed by atoms with Crippen LogP contribution in [0.3, 0.4) is 0 Å². The summed E-state index contributed by atoms with van der Waals surface area (Å²) in [4.78, 5) is -0.156. The second-order valence-corrected chi connectivity index (χ2v) is 5.94. The molecule has 1 heterocycles. The Hall–Kier alpha value is -1.06. The van der Waals surface area contributed by atoms with E-state index < -0.39 is 22.7 Å². The number of rotatable bonds is 7. The molecular weight excluding hydrogens is 295 g/mol. The van der Waals surface area contributed by atoms with E-state index in [1.807, 2.05) is 13.8 Å². The van der Waals surface area contributed by atoms with E-state index in [-0.39, 0.29) is 4.90 Å². The van der Waals surface area contributed by atoms with E-state index in [1.165, 1.54) is 12.3 Å². The van der Waals surface area contributed by atoms with Gasteiger partial charge in [-0.05, 0) is 19.5 Å².